The van der Waals surface area contributed by atoms with Crippen LogP contribution in [0.5, 0.6) is 0 Å². The van der Waals surface area contributed by atoms with E-state index in [1.54, 1.807) is 36.4 Å². The number of hydrogen-bond donors (Lipinski definition) is 0. The summed E-state index contributed by atoms with van der Waals surface area (Å²) in [7, 11) is 1.24. The van der Waals surface area contributed by atoms with Crippen LogP contribution in [0.2, 0.25) is 0 Å². The van der Waals surface area contributed by atoms with Gasteiger partial charge in [-0.25, -0.2) is 14.2 Å². The van der Waals surface area contributed by atoms with E-state index in [2.05, 4.69) is 10.1 Å². The summed E-state index contributed by atoms with van der Waals surface area (Å²) in [4.78, 5) is 43.7. The highest BCUT2D eigenvalue weighted by atomic mass is 16.5. The van der Waals surface area contributed by atoms with E-state index in [9.17, 15) is 14.4 Å². The van der Waals surface area contributed by atoms with Crippen LogP contribution in [0.15, 0.2) is 93.0 Å². The van der Waals surface area contributed by atoms with Crippen LogP contribution in [-0.2, 0) is 11.3 Å². The van der Waals surface area contributed by atoms with Gasteiger partial charge in [0.2, 0.25) is 11.7 Å². The predicted molar refractivity (Wildman–Crippen MR) is 124 cm³/mol. The number of fused-ring (bicyclic) bond motifs is 1. The Morgan fingerprint density at radius 1 is 0.941 bits per heavy atom. The average molecular weight is 454 g/mol. The Morgan fingerprint density at radius 3 is 2.44 bits per heavy atom. The molecule has 9 nitrogen and oxygen atoms in total. The molecule has 0 radical (unpaired) electrons. The average Bonchev–Trinajstić information content (AvgIpc) is 3.36. The third-order valence-corrected chi connectivity index (χ3v) is 5.39. The molecule has 0 amide bonds. The van der Waals surface area contributed by atoms with Crippen molar-refractivity contribution in [1.29, 1.82) is 0 Å². The second-order valence-corrected chi connectivity index (χ2v) is 7.41. The topological polar surface area (TPSA) is 109 Å². The van der Waals surface area contributed by atoms with Crippen molar-refractivity contribution in [2.75, 3.05) is 7.11 Å². The maximum absolute atomic E-state index is 13.6. The fourth-order valence-corrected chi connectivity index (χ4v) is 3.80. The molecule has 0 atom stereocenters. The molecule has 0 saturated carbocycles. The van der Waals surface area contributed by atoms with Gasteiger partial charge in [-0.15, -0.1) is 0 Å². The molecule has 5 aromatic rings. The molecule has 0 N–H and O–H groups in total. The molecule has 0 aliphatic heterocycles. The summed E-state index contributed by atoms with van der Waals surface area (Å²) >= 11 is 0. The van der Waals surface area contributed by atoms with Gasteiger partial charge in [0.15, 0.2) is 0 Å². The largest absolute Gasteiger partial charge is 0.465 e. The summed E-state index contributed by atoms with van der Waals surface area (Å²) in [6.07, 6.45) is 0. The van der Waals surface area contributed by atoms with Crippen molar-refractivity contribution in [2.45, 2.75) is 6.54 Å². The maximum atomic E-state index is 13.6. The maximum Gasteiger partial charge on any atom is 0.339 e. The lowest BCUT2D eigenvalue weighted by molar-refractivity contribution is 0.0600. The Hall–Kier alpha value is -4.79. The quantitative estimate of drug-likeness (QED) is 0.376. The Kier molecular flexibility index (Phi) is 5.35. The van der Waals surface area contributed by atoms with Crippen LogP contribution in [0.4, 0.5) is 0 Å². The van der Waals surface area contributed by atoms with Crippen LogP contribution < -0.4 is 11.2 Å². The van der Waals surface area contributed by atoms with Gasteiger partial charge in [-0.1, -0.05) is 59.8 Å². The number of benzene rings is 3. The van der Waals surface area contributed by atoms with Gasteiger partial charge in [0.1, 0.15) is 6.54 Å². The van der Waals surface area contributed by atoms with Gasteiger partial charge in [0.25, 0.3) is 5.56 Å². The number of carbonyl (C=O) groups excluding carboxylic acids is 1. The monoisotopic (exact) mass is 454 g/mol. The Bertz CT molecular complexity index is 1630. The summed E-state index contributed by atoms with van der Waals surface area (Å²) < 4.78 is 12.6. The van der Waals surface area contributed by atoms with Crippen LogP contribution >= 0.6 is 0 Å². The van der Waals surface area contributed by atoms with Crippen molar-refractivity contribution in [3.63, 3.8) is 0 Å². The van der Waals surface area contributed by atoms with Gasteiger partial charge < -0.3 is 9.26 Å². The smallest absolute Gasteiger partial charge is 0.339 e. The summed E-state index contributed by atoms with van der Waals surface area (Å²) in [6.45, 7) is -0.0696. The molecule has 9 heteroatoms. The molecule has 0 aliphatic rings. The first-order valence-corrected chi connectivity index (χ1v) is 10.4. The van der Waals surface area contributed by atoms with Crippen molar-refractivity contribution in [2.24, 2.45) is 0 Å². The molecule has 34 heavy (non-hydrogen) atoms. The van der Waals surface area contributed by atoms with E-state index >= 15 is 0 Å². The third kappa shape index (κ3) is 3.58. The highest BCUT2D eigenvalue weighted by Gasteiger charge is 2.21. The minimum Gasteiger partial charge on any atom is -0.465 e. The van der Waals surface area contributed by atoms with E-state index < -0.39 is 17.2 Å². The zero-order valence-corrected chi connectivity index (χ0v) is 18.0. The number of hydrogen-bond acceptors (Lipinski definition) is 7. The lowest BCUT2D eigenvalue weighted by Crippen LogP contribution is -2.40. The molecular weight excluding hydrogens is 436 g/mol. The minimum absolute atomic E-state index is 0.0696. The first kappa shape index (κ1) is 21.1. The molecule has 0 saturated heterocycles. The highest BCUT2D eigenvalue weighted by Crippen LogP contribution is 2.18. The second-order valence-electron chi connectivity index (χ2n) is 7.41. The van der Waals surface area contributed by atoms with E-state index in [1.807, 2.05) is 30.3 Å². The lowest BCUT2D eigenvalue weighted by Gasteiger charge is -2.14. The van der Waals surface area contributed by atoms with Crippen molar-refractivity contribution in [3.8, 4) is 17.1 Å². The number of esters is 1. The normalized spacial score (nSPS) is 11.0. The van der Waals surface area contributed by atoms with Crippen molar-refractivity contribution in [3.05, 3.63) is 111 Å². The van der Waals surface area contributed by atoms with Crippen LogP contribution in [0.3, 0.4) is 0 Å². The number of methoxy groups -OCH3 is 1. The van der Waals surface area contributed by atoms with E-state index in [0.29, 0.717) is 16.7 Å². The highest BCUT2D eigenvalue weighted by molar-refractivity contribution is 5.93. The molecule has 168 valence electrons. The Balaban J connectivity index is 1.70. The van der Waals surface area contributed by atoms with Crippen molar-refractivity contribution in [1.82, 2.24) is 19.3 Å². The number of nitrogens with zero attached hydrogens (tertiary/aromatic N) is 4. The molecule has 0 fully saturated rings. The molecule has 0 unspecified atom stereocenters. The molecule has 0 spiro atoms. The Labute approximate surface area is 192 Å². The molecule has 2 heterocycles. The molecule has 5 rings (SSSR count). The summed E-state index contributed by atoms with van der Waals surface area (Å²) in [5.74, 6) is -0.0825. The van der Waals surface area contributed by atoms with Gasteiger partial charge in [-0.2, -0.15) is 4.98 Å². The van der Waals surface area contributed by atoms with Gasteiger partial charge >= 0.3 is 11.7 Å². The fourth-order valence-electron chi connectivity index (χ4n) is 3.80. The van der Waals surface area contributed by atoms with Gasteiger partial charge in [-0.05, 0) is 24.3 Å². The molecule has 2 aromatic heterocycles. The number of rotatable bonds is 5. The molecular formula is C25H18N4O5. The first-order chi connectivity index (χ1) is 16.6. The number of para-hydroxylation sites is 2. The number of carbonyl (C=O) groups is 1. The van der Waals surface area contributed by atoms with E-state index in [0.717, 1.165) is 10.1 Å². The fraction of sp³-hybridized carbons (Fsp3) is 0.0800. The second kappa shape index (κ2) is 8.62. The van der Waals surface area contributed by atoms with Crippen molar-refractivity contribution < 1.29 is 14.1 Å². The molecule has 0 bridgehead atoms. The minimum atomic E-state index is -0.661. The van der Waals surface area contributed by atoms with Crippen LogP contribution in [-0.4, -0.2) is 32.4 Å². The zero-order chi connectivity index (χ0) is 23.7. The molecule has 3 aromatic carbocycles. The summed E-state index contributed by atoms with van der Waals surface area (Å²) in [5, 5.41) is 4.30. The van der Waals surface area contributed by atoms with Crippen LogP contribution in [0.1, 0.15) is 16.2 Å². The van der Waals surface area contributed by atoms with E-state index in [1.165, 1.54) is 23.8 Å². The number of ether oxygens (including phenoxy) is 1. The third-order valence-electron chi connectivity index (χ3n) is 5.39. The lowest BCUT2D eigenvalue weighted by atomic mass is 10.1. The summed E-state index contributed by atoms with van der Waals surface area (Å²) in [6, 6.07) is 22.3. The first-order valence-electron chi connectivity index (χ1n) is 10.4. The standard InChI is InChI=1S/C25H18N4O5/c1-33-24(31)18-12-6-8-14-20(18)29-23(30)17-11-5-7-13-19(17)28(25(29)32)15-21-26-22(27-34-21)16-9-3-2-4-10-16/h2-14H,15H2,1H3. The number of aromatic nitrogens is 4. The van der Waals surface area contributed by atoms with E-state index in [-0.39, 0.29) is 23.7 Å². The van der Waals surface area contributed by atoms with E-state index in [4.69, 9.17) is 9.26 Å². The van der Waals surface area contributed by atoms with Gasteiger partial charge in [0.05, 0.1) is 29.3 Å². The zero-order valence-electron chi connectivity index (χ0n) is 18.0. The van der Waals surface area contributed by atoms with Crippen molar-refractivity contribution >= 4 is 16.9 Å². The predicted octanol–water partition coefficient (Wildman–Crippen LogP) is 3.04. The van der Waals surface area contributed by atoms with Crippen LogP contribution in [0.25, 0.3) is 28.0 Å². The summed E-state index contributed by atoms with van der Waals surface area (Å²) in [5.41, 5.74) is 0.188. The SMILES string of the molecule is COC(=O)c1ccccc1-n1c(=O)c2ccccc2n(Cc2nc(-c3ccccc3)no2)c1=O. The Morgan fingerprint density at radius 2 is 1.65 bits per heavy atom. The molecule has 0 aliphatic carbocycles. The van der Waals surface area contributed by atoms with Crippen LogP contribution in [0, 0.1) is 0 Å². The van der Waals surface area contributed by atoms with Gasteiger partial charge in [0, 0.05) is 5.56 Å². The van der Waals surface area contributed by atoms with Gasteiger partial charge in [-0.3, -0.25) is 9.36 Å².